The Morgan fingerprint density at radius 2 is 2.25 bits per heavy atom. The highest BCUT2D eigenvalue weighted by Gasteiger charge is 2.53. The van der Waals surface area contributed by atoms with Crippen LogP contribution in [-0.4, -0.2) is 30.8 Å². The molecule has 1 aliphatic carbocycles. The first-order chi connectivity index (χ1) is 9.22. The Hall–Kier alpha value is -1.43. The van der Waals surface area contributed by atoms with E-state index in [0.717, 1.165) is 12.2 Å². The molecule has 0 aromatic heterocycles. The van der Waals surface area contributed by atoms with E-state index in [1.807, 2.05) is 0 Å². The van der Waals surface area contributed by atoms with Gasteiger partial charge in [-0.2, -0.15) is 0 Å². The molecule has 0 heterocycles. The molecule has 0 aromatic carbocycles. The summed E-state index contributed by atoms with van der Waals surface area (Å²) in [5, 5.41) is 8.09. The SMILES string of the molecule is CCC(C)C1(C(=O)O)C=CC(Cl)=CC1S(=O)(=O)N=C=O. The molecule has 3 unspecified atom stereocenters. The van der Waals surface area contributed by atoms with Crippen LogP contribution in [0.25, 0.3) is 0 Å². The summed E-state index contributed by atoms with van der Waals surface area (Å²) in [4.78, 5) is 22.0. The summed E-state index contributed by atoms with van der Waals surface area (Å²) < 4.78 is 26.9. The molecule has 0 amide bonds. The first kappa shape index (κ1) is 16.6. The minimum Gasteiger partial charge on any atom is -0.481 e. The van der Waals surface area contributed by atoms with Gasteiger partial charge in [0.25, 0.3) is 16.1 Å². The van der Waals surface area contributed by atoms with E-state index in [2.05, 4.69) is 4.40 Å². The van der Waals surface area contributed by atoms with Gasteiger partial charge in [-0.3, -0.25) is 4.79 Å². The summed E-state index contributed by atoms with van der Waals surface area (Å²) in [6, 6.07) is 0. The first-order valence-corrected chi connectivity index (χ1v) is 7.73. The van der Waals surface area contributed by atoms with E-state index in [1.54, 1.807) is 13.8 Å². The molecule has 0 saturated heterocycles. The van der Waals surface area contributed by atoms with Crippen LogP contribution >= 0.6 is 11.6 Å². The van der Waals surface area contributed by atoms with Crippen molar-refractivity contribution in [1.29, 1.82) is 0 Å². The molecule has 0 aliphatic heterocycles. The third kappa shape index (κ3) is 2.70. The molecule has 0 spiro atoms. The van der Waals surface area contributed by atoms with Gasteiger partial charge in [-0.1, -0.05) is 42.3 Å². The number of aliphatic carboxylic acids is 1. The van der Waals surface area contributed by atoms with Crippen molar-refractivity contribution in [3.63, 3.8) is 0 Å². The van der Waals surface area contributed by atoms with E-state index in [-0.39, 0.29) is 5.03 Å². The van der Waals surface area contributed by atoms with Gasteiger partial charge in [-0.05, 0) is 18.1 Å². The minimum absolute atomic E-state index is 0.0832. The Morgan fingerprint density at radius 3 is 2.70 bits per heavy atom. The molecule has 8 heteroatoms. The van der Waals surface area contributed by atoms with Gasteiger partial charge in [0.05, 0.1) is 0 Å². The highest BCUT2D eigenvalue weighted by Crippen LogP contribution is 2.43. The number of sulfonamides is 1. The molecule has 3 atom stereocenters. The van der Waals surface area contributed by atoms with Crippen LogP contribution in [0.3, 0.4) is 0 Å². The van der Waals surface area contributed by atoms with Crippen molar-refractivity contribution in [2.45, 2.75) is 25.5 Å². The Morgan fingerprint density at radius 1 is 1.65 bits per heavy atom. The number of rotatable bonds is 5. The van der Waals surface area contributed by atoms with Crippen molar-refractivity contribution in [3.8, 4) is 0 Å². The highest BCUT2D eigenvalue weighted by atomic mass is 35.5. The zero-order chi connectivity index (χ0) is 15.6. The molecule has 1 aliphatic rings. The van der Waals surface area contributed by atoms with Crippen LogP contribution in [0.5, 0.6) is 0 Å². The van der Waals surface area contributed by atoms with Gasteiger partial charge in [0.15, 0.2) is 0 Å². The second kappa shape index (κ2) is 5.91. The quantitative estimate of drug-likeness (QED) is 0.615. The molecule has 0 fully saturated rings. The summed E-state index contributed by atoms with van der Waals surface area (Å²) in [5.74, 6) is -1.81. The number of nitrogens with zero attached hydrogens (tertiary/aromatic N) is 1. The van der Waals surface area contributed by atoms with E-state index in [0.29, 0.717) is 6.42 Å². The Labute approximate surface area is 121 Å². The number of isocyanates is 1. The van der Waals surface area contributed by atoms with Crippen LogP contribution in [0.2, 0.25) is 0 Å². The number of allylic oxidation sites excluding steroid dienone is 2. The van der Waals surface area contributed by atoms with E-state index >= 15 is 0 Å². The maximum Gasteiger partial charge on any atom is 0.315 e. The van der Waals surface area contributed by atoms with Crippen LogP contribution in [0, 0.1) is 11.3 Å². The lowest BCUT2D eigenvalue weighted by molar-refractivity contribution is -0.148. The number of hydrogen-bond acceptors (Lipinski definition) is 4. The molecule has 0 bridgehead atoms. The summed E-state index contributed by atoms with van der Waals surface area (Å²) in [6.45, 7) is 3.37. The second-order valence-electron chi connectivity index (χ2n) is 4.55. The van der Waals surface area contributed by atoms with E-state index in [9.17, 15) is 23.1 Å². The van der Waals surface area contributed by atoms with Gasteiger partial charge in [0.2, 0.25) is 0 Å². The number of carboxylic acid groups (broad SMARTS) is 1. The number of carboxylic acids is 1. The number of carbonyl (C=O) groups excluding carboxylic acids is 1. The topological polar surface area (TPSA) is 101 Å². The fourth-order valence-electron chi connectivity index (χ4n) is 2.28. The monoisotopic (exact) mass is 319 g/mol. The Balaban J connectivity index is 3.60. The molecule has 20 heavy (non-hydrogen) atoms. The standard InChI is InChI=1S/C12H14ClNO5S/c1-3-8(2)12(11(16)17)5-4-9(13)6-10(12)20(18,19)14-7-15/h4-6,8,10H,3H2,1-2H3,(H,16,17). The molecular weight excluding hydrogens is 306 g/mol. The summed E-state index contributed by atoms with van der Waals surface area (Å²) in [7, 11) is -4.37. The molecule has 0 radical (unpaired) electrons. The van der Waals surface area contributed by atoms with Crippen molar-refractivity contribution in [2.75, 3.05) is 0 Å². The number of carbonyl (C=O) groups is 1. The number of halogens is 1. The van der Waals surface area contributed by atoms with Gasteiger partial charge in [-0.15, -0.1) is 0 Å². The predicted octanol–water partition coefficient (Wildman–Crippen LogP) is 1.83. The van der Waals surface area contributed by atoms with Gasteiger partial charge >= 0.3 is 5.97 Å². The van der Waals surface area contributed by atoms with Crippen molar-refractivity contribution in [2.24, 2.45) is 15.7 Å². The van der Waals surface area contributed by atoms with Gasteiger partial charge in [-0.25, -0.2) is 13.2 Å². The van der Waals surface area contributed by atoms with Crippen LogP contribution in [0.15, 0.2) is 27.7 Å². The lowest BCUT2D eigenvalue weighted by Crippen LogP contribution is -2.49. The van der Waals surface area contributed by atoms with E-state index in [1.165, 1.54) is 12.2 Å². The normalized spacial score (nSPS) is 27.4. The smallest absolute Gasteiger partial charge is 0.315 e. The van der Waals surface area contributed by atoms with Crippen LogP contribution in [-0.2, 0) is 19.6 Å². The van der Waals surface area contributed by atoms with Crippen molar-refractivity contribution >= 4 is 33.7 Å². The molecule has 110 valence electrons. The van der Waals surface area contributed by atoms with Crippen LogP contribution < -0.4 is 0 Å². The highest BCUT2D eigenvalue weighted by molar-refractivity contribution is 7.91. The minimum atomic E-state index is -4.37. The lowest BCUT2D eigenvalue weighted by Gasteiger charge is -2.37. The number of hydrogen-bond donors (Lipinski definition) is 1. The van der Waals surface area contributed by atoms with Gasteiger partial charge < -0.3 is 5.11 Å². The average molecular weight is 320 g/mol. The third-order valence-corrected chi connectivity index (χ3v) is 5.33. The zero-order valence-corrected chi connectivity index (χ0v) is 12.5. The fraction of sp³-hybridized carbons (Fsp3) is 0.500. The largest absolute Gasteiger partial charge is 0.481 e. The zero-order valence-electron chi connectivity index (χ0n) is 10.9. The first-order valence-electron chi connectivity index (χ1n) is 5.85. The summed E-state index contributed by atoms with van der Waals surface area (Å²) in [5.41, 5.74) is -1.72. The maximum absolute atomic E-state index is 12.0. The molecule has 1 N–H and O–H groups in total. The maximum atomic E-state index is 12.0. The Bertz CT molecular complexity index is 618. The second-order valence-corrected chi connectivity index (χ2v) is 6.71. The lowest BCUT2D eigenvalue weighted by atomic mass is 9.70. The fourth-order valence-corrected chi connectivity index (χ4v) is 3.98. The van der Waals surface area contributed by atoms with Crippen molar-refractivity contribution in [1.82, 2.24) is 0 Å². The molecule has 0 saturated carbocycles. The summed E-state index contributed by atoms with van der Waals surface area (Å²) in [6.07, 6.45) is 5.08. The van der Waals surface area contributed by atoms with Crippen LogP contribution in [0.1, 0.15) is 20.3 Å². The van der Waals surface area contributed by atoms with Crippen molar-refractivity contribution in [3.05, 3.63) is 23.3 Å². The van der Waals surface area contributed by atoms with Gasteiger partial charge in [0.1, 0.15) is 10.7 Å². The summed E-state index contributed by atoms with van der Waals surface area (Å²) >= 11 is 5.77. The van der Waals surface area contributed by atoms with Gasteiger partial charge in [0, 0.05) is 5.03 Å². The van der Waals surface area contributed by atoms with Crippen LogP contribution in [0.4, 0.5) is 0 Å². The predicted molar refractivity (Wildman–Crippen MR) is 73.4 cm³/mol. The Kier molecular flexibility index (Phi) is 4.91. The third-order valence-electron chi connectivity index (χ3n) is 3.58. The van der Waals surface area contributed by atoms with Crippen molar-refractivity contribution < 1.29 is 23.1 Å². The molecule has 6 nitrogen and oxygen atoms in total. The average Bonchev–Trinajstić information content (AvgIpc) is 2.37. The van der Waals surface area contributed by atoms with E-state index in [4.69, 9.17) is 11.6 Å². The van der Waals surface area contributed by atoms with E-state index < -0.39 is 32.6 Å². The molecule has 0 aromatic rings. The molecule has 1 rings (SSSR count). The molecular formula is C12H14ClNO5S.